The van der Waals surface area contributed by atoms with Crippen molar-refractivity contribution in [3.05, 3.63) is 35.4 Å². The third-order valence-electron chi connectivity index (χ3n) is 3.88. The predicted molar refractivity (Wildman–Crippen MR) is 88.8 cm³/mol. The lowest BCUT2D eigenvalue weighted by Crippen LogP contribution is -2.36. The fourth-order valence-corrected chi connectivity index (χ4v) is 2.39. The number of nitrogens with one attached hydrogen (secondary N) is 2. The molecule has 122 valence electrons. The van der Waals surface area contributed by atoms with Crippen molar-refractivity contribution >= 4 is 24.2 Å². The van der Waals surface area contributed by atoms with Gasteiger partial charge in [0.2, 0.25) is 11.8 Å². The van der Waals surface area contributed by atoms with Crippen LogP contribution in [-0.2, 0) is 9.59 Å². The molecule has 0 bridgehead atoms. The summed E-state index contributed by atoms with van der Waals surface area (Å²) in [5.41, 5.74) is 8.37. The minimum absolute atomic E-state index is 0. The van der Waals surface area contributed by atoms with E-state index in [0.717, 1.165) is 5.56 Å². The van der Waals surface area contributed by atoms with Crippen molar-refractivity contribution in [3.8, 4) is 0 Å². The minimum atomic E-state index is -0.270. The van der Waals surface area contributed by atoms with Crippen molar-refractivity contribution in [1.29, 1.82) is 0 Å². The zero-order chi connectivity index (χ0) is 15.4. The summed E-state index contributed by atoms with van der Waals surface area (Å²) < 4.78 is 0. The standard InChI is InChI=1S/C16H23N3O2.ClH/c1-10(2)11-3-5-12(6-4-11)14(17)9-19-16(21)13-7-15(20)18-8-13;/h3-6,10,13-14H,7-9,17H2,1-2H3,(H,18,20)(H,19,21);1H. The number of halogens is 1. The zero-order valence-corrected chi connectivity index (χ0v) is 13.8. The van der Waals surface area contributed by atoms with Crippen molar-refractivity contribution in [2.75, 3.05) is 13.1 Å². The van der Waals surface area contributed by atoms with E-state index in [1.807, 2.05) is 12.1 Å². The van der Waals surface area contributed by atoms with E-state index in [4.69, 9.17) is 5.73 Å². The molecular weight excluding hydrogens is 302 g/mol. The van der Waals surface area contributed by atoms with Gasteiger partial charge in [-0.3, -0.25) is 9.59 Å². The predicted octanol–water partition coefficient (Wildman–Crippen LogP) is 1.48. The van der Waals surface area contributed by atoms with Crippen molar-refractivity contribution < 1.29 is 9.59 Å². The monoisotopic (exact) mass is 325 g/mol. The van der Waals surface area contributed by atoms with E-state index in [1.54, 1.807) is 0 Å². The van der Waals surface area contributed by atoms with Crippen LogP contribution >= 0.6 is 12.4 Å². The average Bonchev–Trinajstić information content (AvgIpc) is 2.91. The lowest BCUT2D eigenvalue weighted by molar-refractivity contribution is -0.126. The Bertz CT molecular complexity index is 517. The number of nitrogens with two attached hydrogens (primary N) is 1. The molecule has 1 aliphatic rings. The largest absolute Gasteiger partial charge is 0.355 e. The molecule has 2 unspecified atom stereocenters. The molecule has 1 saturated heterocycles. The summed E-state index contributed by atoms with van der Waals surface area (Å²) in [6.45, 7) is 5.09. The molecule has 2 rings (SSSR count). The first-order chi connectivity index (χ1) is 9.97. The number of hydrogen-bond donors (Lipinski definition) is 3. The van der Waals surface area contributed by atoms with E-state index in [2.05, 4.69) is 36.6 Å². The van der Waals surface area contributed by atoms with Gasteiger partial charge in [-0.2, -0.15) is 0 Å². The Morgan fingerprint density at radius 3 is 2.41 bits per heavy atom. The van der Waals surface area contributed by atoms with Crippen LogP contribution in [0, 0.1) is 5.92 Å². The first-order valence-corrected chi connectivity index (χ1v) is 7.37. The molecule has 1 aliphatic heterocycles. The van der Waals surface area contributed by atoms with Crippen LogP contribution in [0.25, 0.3) is 0 Å². The number of amides is 2. The maximum absolute atomic E-state index is 11.9. The van der Waals surface area contributed by atoms with Gasteiger partial charge in [0.25, 0.3) is 0 Å². The molecule has 5 nitrogen and oxygen atoms in total. The smallest absolute Gasteiger partial charge is 0.225 e. The van der Waals surface area contributed by atoms with Gasteiger partial charge < -0.3 is 16.4 Å². The minimum Gasteiger partial charge on any atom is -0.355 e. The first-order valence-electron chi connectivity index (χ1n) is 7.37. The van der Waals surface area contributed by atoms with Crippen molar-refractivity contribution in [2.24, 2.45) is 11.7 Å². The Kier molecular flexibility index (Phi) is 6.84. The van der Waals surface area contributed by atoms with E-state index >= 15 is 0 Å². The van der Waals surface area contributed by atoms with Crippen LogP contribution in [0.4, 0.5) is 0 Å². The van der Waals surface area contributed by atoms with E-state index in [-0.39, 0.29) is 42.6 Å². The Balaban J connectivity index is 0.00000242. The Morgan fingerprint density at radius 1 is 1.32 bits per heavy atom. The number of carbonyl (C=O) groups is 2. The van der Waals surface area contributed by atoms with Gasteiger partial charge in [0, 0.05) is 25.6 Å². The van der Waals surface area contributed by atoms with Crippen molar-refractivity contribution in [1.82, 2.24) is 10.6 Å². The molecule has 0 spiro atoms. The number of hydrogen-bond acceptors (Lipinski definition) is 3. The Morgan fingerprint density at radius 2 is 1.91 bits per heavy atom. The normalized spacial score (nSPS) is 18.5. The molecule has 6 heteroatoms. The van der Waals surface area contributed by atoms with Gasteiger partial charge >= 0.3 is 0 Å². The van der Waals surface area contributed by atoms with Crippen LogP contribution in [0.1, 0.15) is 43.4 Å². The van der Waals surface area contributed by atoms with Gasteiger partial charge in [-0.15, -0.1) is 12.4 Å². The van der Waals surface area contributed by atoms with Crippen LogP contribution in [0.5, 0.6) is 0 Å². The van der Waals surface area contributed by atoms with Gasteiger partial charge in [-0.05, 0) is 17.0 Å². The molecule has 1 aromatic rings. The quantitative estimate of drug-likeness (QED) is 0.766. The summed E-state index contributed by atoms with van der Waals surface area (Å²) in [5.74, 6) is 0.0433. The summed E-state index contributed by atoms with van der Waals surface area (Å²) in [6.07, 6.45) is 0.268. The average molecular weight is 326 g/mol. The number of rotatable bonds is 5. The summed E-state index contributed by atoms with van der Waals surface area (Å²) in [7, 11) is 0. The second kappa shape index (κ2) is 8.15. The second-order valence-electron chi connectivity index (χ2n) is 5.88. The number of benzene rings is 1. The van der Waals surface area contributed by atoms with Crippen LogP contribution in [-0.4, -0.2) is 24.9 Å². The lowest BCUT2D eigenvalue weighted by atomic mass is 9.99. The number of carbonyl (C=O) groups excluding carboxylic acids is 2. The topological polar surface area (TPSA) is 84.2 Å². The van der Waals surface area contributed by atoms with Gasteiger partial charge in [0.05, 0.1) is 5.92 Å². The highest BCUT2D eigenvalue weighted by atomic mass is 35.5. The van der Waals surface area contributed by atoms with Crippen molar-refractivity contribution in [2.45, 2.75) is 32.2 Å². The van der Waals surface area contributed by atoms with E-state index in [1.165, 1.54) is 5.56 Å². The van der Waals surface area contributed by atoms with E-state index in [0.29, 0.717) is 19.0 Å². The lowest BCUT2D eigenvalue weighted by Gasteiger charge is -2.16. The molecule has 1 heterocycles. The first kappa shape index (κ1) is 18.5. The second-order valence-corrected chi connectivity index (χ2v) is 5.88. The molecule has 22 heavy (non-hydrogen) atoms. The SMILES string of the molecule is CC(C)c1ccc(C(N)CNC(=O)C2CNC(=O)C2)cc1.Cl. The van der Waals surface area contributed by atoms with Crippen LogP contribution in [0.2, 0.25) is 0 Å². The van der Waals surface area contributed by atoms with Crippen LogP contribution in [0.3, 0.4) is 0 Å². The molecule has 1 aromatic carbocycles. The molecule has 1 fully saturated rings. The zero-order valence-electron chi connectivity index (χ0n) is 13.0. The maximum atomic E-state index is 11.9. The Labute approximate surface area is 137 Å². The van der Waals surface area contributed by atoms with Crippen molar-refractivity contribution in [3.63, 3.8) is 0 Å². The van der Waals surface area contributed by atoms with E-state index in [9.17, 15) is 9.59 Å². The highest BCUT2D eigenvalue weighted by Crippen LogP contribution is 2.17. The fraction of sp³-hybridized carbons (Fsp3) is 0.500. The van der Waals surface area contributed by atoms with Crippen LogP contribution in [0.15, 0.2) is 24.3 Å². The third kappa shape index (κ3) is 4.71. The van der Waals surface area contributed by atoms with Gasteiger partial charge in [0.15, 0.2) is 0 Å². The maximum Gasteiger partial charge on any atom is 0.225 e. The molecular formula is C16H24ClN3O2. The summed E-state index contributed by atoms with van der Waals surface area (Å²) >= 11 is 0. The van der Waals surface area contributed by atoms with Gasteiger partial charge in [0.1, 0.15) is 0 Å². The molecule has 0 radical (unpaired) electrons. The molecule has 0 aromatic heterocycles. The van der Waals surface area contributed by atoms with Gasteiger partial charge in [-0.25, -0.2) is 0 Å². The summed E-state index contributed by atoms with van der Waals surface area (Å²) in [6, 6.07) is 7.92. The van der Waals surface area contributed by atoms with Crippen LogP contribution < -0.4 is 16.4 Å². The summed E-state index contributed by atoms with van der Waals surface area (Å²) in [5, 5.41) is 5.48. The fourth-order valence-electron chi connectivity index (χ4n) is 2.39. The van der Waals surface area contributed by atoms with E-state index < -0.39 is 0 Å². The highest BCUT2D eigenvalue weighted by Gasteiger charge is 2.27. The molecule has 0 aliphatic carbocycles. The molecule has 0 saturated carbocycles. The van der Waals surface area contributed by atoms with Gasteiger partial charge in [-0.1, -0.05) is 38.1 Å². The highest BCUT2D eigenvalue weighted by molar-refractivity contribution is 5.89. The Hall–Kier alpha value is -1.59. The third-order valence-corrected chi connectivity index (χ3v) is 3.88. The molecule has 2 amide bonds. The summed E-state index contributed by atoms with van der Waals surface area (Å²) in [4.78, 5) is 23.0. The molecule has 4 N–H and O–H groups in total. The molecule has 2 atom stereocenters.